The molecule has 0 aliphatic rings. The molecule has 3 rings (SSSR count). The lowest BCUT2D eigenvalue weighted by atomic mass is 9.89. The topological polar surface area (TPSA) is 15.8 Å². The molecule has 19 heavy (non-hydrogen) atoms. The van der Waals surface area contributed by atoms with Crippen LogP contribution < -0.4 is 0 Å². The molecular weight excluding hydrogens is 254 g/mol. The van der Waals surface area contributed by atoms with Crippen LogP contribution in [0.25, 0.3) is 10.9 Å². The molecule has 1 atom stereocenters. The van der Waals surface area contributed by atoms with Crippen LogP contribution in [0.3, 0.4) is 0 Å². The molecule has 0 spiro atoms. The molecule has 0 bridgehead atoms. The van der Waals surface area contributed by atoms with Gasteiger partial charge >= 0.3 is 0 Å². The van der Waals surface area contributed by atoms with Crippen LogP contribution in [0.4, 0.5) is 0 Å². The first kappa shape index (κ1) is 12.3. The second-order valence-corrected chi connectivity index (χ2v) is 5.19. The molecule has 1 aromatic heterocycles. The van der Waals surface area contributed by atoms with E-state index in [4.69, 9.17) is 11.6 Å². The monoisotopic (exact) mass is 269 g/mol. The first-order chi connectivity index (χ1) is 9.31. The van der Waals surface area contributed by atoms with Crippen LogP contribution in [-0.4, -0.2) is 4.98 Å². The lowest BCUT2D eigenvalue weighted by molar-refractivity contribution is 0.783. The Bertz CT molecular complexity index is 685. The highest BCUT2D eigenvalue weighted by atomic mass is 35.5. The van der Waals surface area contributed by atoms with Gasteiger partial charge in [-0.3, -0.25) is 0 Å². The van der Waals surface area contributed by atoms with Gasteiger partial charge in [-0.2, -0.15) is 0 Å². The molecular formula is C17H16ClN. The SMILES string of the molecule is CC[C@H](c1ccccc1)c1c[nH]c2cccc(Cl)c12. The van der Waals surface area contributed by atoms with Crippen LogP contribution in [0.15, 0.2) is 54.7 Å². The number of hydrogen-bond donors (Lipinski definition) is 1. The van der Waals surface area contributed by atoms with Gasteiger partial charge in [-0.1, -0.05) is 54.9 Å². The Kier molecular flexibility index (Phi) is 3.31. The first-order valence-corrected chi connectivity index (χ1v) is 6.99. The fourth-order valence-electron chi connectivity index (χ4n) is 2.76. The summed E-state index contributed by atoms with van der Waals surface area (Å²) in [6.45, 7) is 2.22. The van der Waals surface area contributed by atoms with Gasteiger partial charge in [0, 0.05) is 23.0 Å². The smallest absolute Gasteiger partial charge is 0.0502 e. The molecule has 0 fully saturated rings. The van der Waals surface area contributed by atoms with Gasteiger partial charge in [-0.15, -0.1) is 0 Å². The maximum atomic E-state index is 6.37. The predicted octanol–water partition coefficient (Wildman–Crippen LogP) is 5.36. The Hall–Kier alpha value is -1.73. The van der Waals surface area contributed by atoms with Crippen molar-refractivity contribution in [3.05, 3.63) is 70.9 Å². The van der Waals surface area contributed by atoms with Crippen LogP contribution in [0.5, 0.6) is 0 Å². The van der Waals surface area contributed by atoms with E-state index in [9.17, 15) is 0 Å². The minimum Gasteiger partial charge on any atom is -0.361 e. The van der Waals surface area contributed by atoms with Crippen molar-refractivity contribution in [3.63, 3.8) is 0 Å². The quantitative estimate of drug-likeness (QED) is 0.658. The number of aromatic nitrogens is 1. The number of rotatable bonds is 3. The van der Waals surface area contributed by atoms with Crippen LogP contribution in [0.2, 0.25) is 5.02 Å². The largest absolute Gasteiger partial charge is 0.361 e. The summed E-state index contributed by atoms with van der Waals surface area (Å²) >= 11 is 6.37. The fraction of sp³-hybridized carbons (Fsp3) is 0.176. The molecule has 96 valence electrons. The second kappa shape index (κ2) is 5.10. The minimum atomic E-state index is 0.384. The molecule has 0 aliphatic heterocycles. The van der Waals surface area contributed by atoms with Crippen molar-refractivity contribution in [2.75, 3.05) is 0 Å². The number of halogens is 1. The van der Waals surface area contributed by atoms with E-state index in [1.807, 2.05) is 12.1 Å². The molecule has 3 aromatic rings. The van der Waals surface area contributed by atoms with Crippen molar-refractivity contribution >= 4 is 22.5 Å². The van der Waals surface area contributed by atoms with E-state index >= 15 is 0 Å². The van der Waals surface area contributed by atoms with E-state index in [0.717, 1.165) is 22.3 Å². The average molecular weight is 270 g/mol. The molecule has 0 unspecified atom stereocenters. The Morgan fingerprint density at radius 1 is 1.05 bits per heavy atom. The van der Waals surface area contributed by atoms with Gasteiger partial charge < -0.3 is 4.98 Å². The van der Waals surface area contributed by atoms with Crippen molar-refractivity contribution in [1.82, 2.24) is 4.98 Å². The van der Waals surface area contributed by atoms with Crippen LogP contribution in [0, 0.1) is 0 Å². The number of aromatic amines is 1. The summed E-state index contributed by atoms with van der Waals surface area (Å²) in [6.07, 6.45) is 3.15. The summed E-state index contributed by atoms with van der Waals surface area (Å²) in [5.74, 6) is 0.384. The van der Waals surface area contributed by atoms with Gasteiger partial charge in [0.1, 0.15) is 0 Å². The normalized spacial score (nSPS) is 12.7. The van der Waals surface area contributed by atoms with Crippen molar-refractivity contribution in [3.8, 4) is 0 Å². The average Bonchev–Trinajstić information content (AvgIpc) is 2.86. The Labute approximate surface area is 118 Å². The summed E-state index contributed by atoms with van der Waals surface area (Å²) in [5, 5.41) is 1.98. The number of fused-ring (bicyclic) bond motifs is 1. The Morgan fingerprint density at radius 2 is 1.84 bits per heavy atom. The zero-order chi connectivity index (χ0) is 13.2. The van der Waals surface area contributed by atoms with Gasteiger partial charge in [0.25, 0.3) is 0 Å². The summed E-state index contributed by atoms with van der Waals surface area (Å²) in [5.41, 5.74) is 3.73. The summed E-state index contributed by atoms with van der Waals surface area (Å²) in [6, 6.07) is 16.6. The maximum Gasteiger partial charge on any atom is 0.0502 e. The third kappa shape index (κ3) is 2.15. The zero-order valence-electron chi connectivity index (χ0n) is 10.9. The highest BCUT2D eigenvalue weighted by molar-refractivity contribution is 6.35. The van der Waals surface area contributed by atoms with Crippen molar-refractivity contribution in [1.29, 1.82) is 0 Å². The first-order valence-electron chi connectivity index (χ1n) is 6.61. The van der Waals surface area contributed by atoms with Crippen LogP contribution in [-0.2, 0) is 0 Å². The van der Waals surface area contributed by atoms with E-state index in [1.54, 1.807) is 0 Å². The molecule has 0 amide bonds. The van der Waals surface area contributed by atoms with E-state index in [2.05, 4.69) is 54.5 Å². The Balaban J connectivity index is 2.17. The molecule has 2 heteroatoms. The van der Waals surface area contributed by atoms with Crippen molar-refractivity contribution in [2.24, 2.45) is 0 Å². The highest BCUT2D eigenvalue weighted by Gasteiger charge is 2.17. The standard InChI is InChI=1S/C17H16ClN/c1-2-13(12-7-4-3-5-8-12)14-11-19-16-10-6-9-15(18)17(14)16/h3-11,13,19H,2H2,1H3/t13-/m1/s1. The van der Waals surface area contributed by atoms with Crippen LogP contribution in [0.1, 0.15) is 30.4 Å². The number of H-pyrrole nitrogens is 1. The predicted molar refractivity (Wildman–Crippen MR) is 81.9 cm³/mol. The molecule has 2 aromatic carbocycles. The molecule has 0 saturated carbocycles. The number of nitrogens with one attached hydrogen (secondary N) is 1. The van der Waals surface area contributed by atoms with E-state index in [-0.39, 0.29) is 0 Å². The van der Waals surface area contributed by atoms with Gasteiger partial charge in [0.05, 0.1) is 5.02 Å². The number of benzene rings is 2. The molecule has 0 aliphatic carbocycles. The molecule has 0 saturated heterocycles. The third-order valence-electron chi connectivity index (χ3n) is 3.67. The molecule has 0 radical (unpaired) electrons. The minimum absolute atomic E-state index is 0.384. The summed E-state index contributed by atoms with van der Waals surface area (Å²) < 4.78 is 0. The van der Waals surface area contributed by atoms with Gasteiger partial charge in [0.2, 0.25) is 0 Å². The summed E-state index contributed by atoms with van der Waals surface area (Å²) in [7, 11) is 0. The Morgan fingerprint density at radius 3 is 2.58 bits per heavy atom. The molecule has 1 nitrogen and oxygen atoms in total. The number of hydrogen-bond acceptors (Lipinski definition) is 0. The lowest BCUT2D eigenvalue weighted by Gasteiger charge is -2.15. The highest BCUT2D eigenvalue weighted by Crippen LogP contribution is 2.36. The molecule has 1 N–H and O–H groups in total. The lowest BCUT2D eigenvalue weighted by Crippen LogP contribution is -1.98. The molecule has 1 heterocycles. The van der Waals surface area contributed by atoms with E-state index in [1.165, 1.54) is 11.1 Å². The summed E-state index contributed by atoms with van der Waals surface area (Å²) in [4.78, 5) is 3.33. The van der Waals surface area contributed by atoms with Crippen molar-refractivity contribution < 1.29 is 0 Å². The van der Waals surface area contributed by atoms with E-state index in [0.29, 0.717) is 5.92 Å². The third-order valence-corrected chi connectivity index (χ3v) is 3.99. The van der Waals surface area contributed by atoms with Gasteiger partial charge in [-0.05, 0) is 29.7 Å². The van der Waals surface area contributed by atoms with Crippen LogP contribution >= 0.6 is 11.6 Å². The van der Waals surface area contributed by atoms with Gasteiger partial charge in [0.15, 0.2) is 0 Å². The van der Waals surface area contributed by atoms with Crippen molar-refractivity contribution in [2.45, 2.75) is 19.3 Å². The zero-order valence-corrected chi connectivity index (χ0v) is 11.6. The maximum absolute atomic E-state index is 6.37. The van der Waals surface area contributed by atoms with E-state index < -0.39 is 0 Å². The fourth-order valence-corrected chi connectivity index (χ4v) is 3.04. The second-order valence-electron chi connectivity index (χ2n) is 4.78. The van der Waals surface area contributed by atoms with Gasteiger partial charge in [-0.25, -0.2) is 0 Å².